The van der Waals surface area contributed by atoms with Gasteiger partial charge in [0.25, 0.3) is 5.91 Å². The maximum Gasteiger partial charge on any atom is 0.275 e. The molecule has 0 atom stereocenters. The zero-order chi connectivity index (χ0) is 23.1. The van der Waals surface area contributed by atoms with Crippen LogP contribution in [0, 0.1) is 0 Å². The predicted octanol–water partition coefficient (Wildman–Crippen LogP) is 3.11. The van der Waals surface area contributed by atoms with Crippen molar-refractivity contribution in [2.75, 3.05) is 16.7 Å². The Hall–Kier alpha value is -2.53. The van der Waals surface area contributed by atoms with Crippen LogP contribution in [0.2, 0.25) is 0 Å². The molecule has 8 nitrogen and oxygen atoms in total. The van der Waals surface area contributed by atoms with E-state index in [2.05, 4.69) is 17.2 Å². The van der Waals surface area contributed by atoms with Gasteiger partial charge in [-0.3, -0.25) is 9.59 Å². The molecule has 0 aliphatic heterocycles. The van der Waals surface area contributed by atoms with Crippen molar-refractivity contribution < 1.29 is 18.0 Å². The van der Waals surface area contributed by atoms with Crippen molar-refractivity contribution in [3.05, 3.63) is 53.6 Å². The zero-order valence-corrected chi connectivity index (χ0v) is 19.6. The van der Waals surface area contributed by atoms with E-state index < -0.39 is 21.7 Å². The highest BCUT2D eigenvalue weighted by atomic mass is 35.5. The number of amides is 2. The fraction of sp³-hybridized carbons (Fsp3) is 0.286. The molecule has 1 heterocycles. The molecule has 1 fully saturated rings. The van der Waals surface area contributed by atoms with E-state index in [4.69, 9.17) is 17.5 Å². The first-order chi connectivity index (χ1) is 15.1. The fourth-order valence-corrected chi connectivity index (χ4v) is 5.61. The van der Waals surface area contributed by atoms with Gasteiger partial charge in [-0.25, -0.2) is 13.4 Å². The Morgan fingerprint density at radius 1 is 1.22 bits per heavy atom. The summed E-state index contributed by atoms with van der Waals surface area (Å²) in [7, 11) is -3.48. The van der Waals surface area contributed by atoms with Crippen LogP contribution < -0.4 is 15.5 Å². The predicted molar refractivity (Wildman–Crippen MR) is 125 cm³/mol. The molecule has 3 aromatic rings. The van der Waals surface area contributed by atoms with Gasteiger partial charge < -0.3 is 11.1 Å². The lowest BCUT2D eigenvalue weighted by atomic mass is 10.1. The summed E-state index contributed by atoms with van der Waals surface area (Å²) >= 11 is 7.32. The number of primary amides is 1. The highest BCUT2D eigenvalue weighted by Gasteiger charge is 2.36. The number of nitrogens with two attached hydrogens (primary N) is 1. The van der Waals surface area contributed by atoms with E-state index in [1.807, 2.05) is 0 Å². The first kappa shape index (κ1) is 22.7. The number of thiazole rings is 1. The average molecular weight is 493 g/mol. The van der Waals surface area contributed by atoms with Gasteiger partial charge in [0, 0.05) is 23.9 Å². The molecule has 11 heteroatoms. The molecule has 2 amide bonds. The highest BCUT2D eigenvalue weighted by molar-refractivity contribution is 7.91. The van der Waals surface area contributed by atoms with Gasteiger partial charge in [-0.1, -0.05) is 23.5 Å². The number of nitrogens with one attached hydrogen (secondary N) is 1. The number of hydrogen-bond acceptors (Lipinski definition) is 7. The normalized spacial score (nSPS) is 14.9. The average Bonchev–Trinajstić information content (AvgIpc) is 3.33. The molecule has 4 rings (SSSR count). The van der Waals surface area contributed by atoms with Gasteiger partial charge >= 0.3 is 0 Å². The van der Waals surface area contributed by atoms with Crippen LogP contribution in [-0.2, 0) is 9.84 Å². The van der Waals surface area contributed by atoms with Crippen LogP contribution >= 0.6 is 23.1 Å². The van der Waals surface area contributed by atoms with Crippen molar-refractivity contribution in [3.63, 3.8) is 0 Å². The highest BCUT2D eigenvalue weighted by Crippen LogP contribution is 2.35. The second-order valence-electron chi connectivity index (χ2n) is 7.93. The van der Waals surface area contributed by atoms with Gasteiger partial charge in [-0.2, -0.15) is 4.42 Å². The maximum absolute atomic E-state index is 12.8. The lowest BCUT2D eigenvalue weighted by Gasteiger charge is -2.12. The van der Waals surface area contributed by atoms with E-state index >= 15 is 0 Å². The quantitative estimate of drug-likeness (QED) is 0.466. The van der Waals surface area contributed by atoms with E-state index in [-0.39, 0.29) is 32.4 Å². The van der Waals surface area contributed by atoms with Crippen LogP contribution in [0.5, 0.6) is 0 Å². The first-order valence-corrected chi connectivity index (χ1v) is 12.7. The molecule has 1 aliphatic rings. The van der Waals surface area contributed by atoms with E-state index in [9.17, 15) is 18.0 Å². The van der Waals surface area contributed by atoms with Crippen molar-refractivity contribution >= 4 is 60.1 Å². The summed E-state index contributed by atoms with van der Waals surface area (Å²) in [5.74, 6) is -1.42. The SMILES string of the molecule is CC1(NCCS(=O)(=O)c2ccc3nc(N(Cl)C(=O)c4ccccc4C(N)=O)sc3c2)CC1. The number of fused-ring (bicyclic) bond motifs is 1. The van der Waals surface area contributed by atoms with Crippen LogP contribution in [0.3, 0.4) is 0 Å². The summed E-state index contributed by atoms with van der Waals surface area (Å²) in [5.41, 5.74) is 6.02. The van der Waals surface area contributed by atoms with Gasteiger partial charge in [0.05, 0.1) is 32.0 Å². The minimum atomic E-state index is -3.48. The van der Waals surface area contributed by atoms with E-state index in [1.54, 1.807) is 18.2 Å². The molecule has 0 radical (unpaired) electrons. The number of carbonyl (C=O) groups is 2. The summed E-state index contributed by atoms with van der Waals surface area (Å²) in [6, 6.07) is 10.7. The van der Waals surface area contributed by atoms with Crippen LogP contribution in [0.4, 0.5) is 5.13 Å². The largest absolute Gasteiger partial charge is 0.366 e. The van der Waals surface area contributed by atoms with Crippen LogP contribution in [0.1, 0.15) is 40.5 Å². The van der Waals surface area contributed by atoms with Crippen molar-refractivity contribution in [2.45, 2.75) is 30.2 Å². The standard InChI is InChI=1S/C21H21ClN4O4S2/c1-21(8-9-21)24-10-11-32(29,30)13-6-7-16-17(12-13)31-20(25-16)26(22)19(28)15-5-3-2-4-14(15)18(23)27/h2-7,12,24H,8-11H2,1H3,(H2,23,27). The second-order valence-corrected chi connectivity index (χ2v) is 11.4. The third-order valence-corrected chi connectivity index (χ3v) is 8.53. The number of benzene rings is 2. The number of hydrogen-bond donors (Lipinski definition) is 2. The second kappa shape index (κ2) is 8.43. The van der Waals surface area contributed by atoms with Gasteiger partial charge in [0.15, 0.2) is 9.84 Å². The summed E-state index contributed by atoms with van der Waals surface area (Å²) in [5, 5.41) is 3.43. The number of anilines is 1. The molecule has 0 bridgehead atoms. The van der Waals surface area contributed by atoms with Crippen LogP contribution in [0.15, 0.2) is 47.4 Å². The molecule has 168 valence electrons. The van der Waals surface area contributed by atoms with Crippen molar-refractivity contribution in [1.82, 2.24) is 10.3 Å². The molecule has 0 unspecified atom stereocenters. The topological polar surface area (TPSA) is 122 Å². The van der Waals surface area contributed by atoms with E-state index in [0.29, 0.717) is 16.8 Å². The Labute approximate surface area is 194 Å². The Bertz CT molecular complexity index is 1320. The zero-order valence-electron chi connectivity index (χ0n) is 17.2. The smallest absolute Gasteiger partial charge is 0.275 e. The summed E-state index contributed by atoms with van der Waals surface area (Å²) < 4.78 is 26.8. The summed E-state index contributed by atoms with van der Waals surface area (Å²) in [6.45, 7) is 2.46. The van der Waals surface area contributed by atoms with Gasteiger partial charge in [-0.05, 0) is 50.1 Å². The fourth-order valence-electron chi connectivity index (χ4n) is 3.22. The van der Waals surface area contributed by atoms with Crippen molar-refractivity contribution in [1.29, 1.82) is 0 Å². The number of aromatic nitrogens is 1. The number of carbonyl (C=O) groups excluding carboxylic acids is 2. The Balaban J connectivity index is 1.56. The summed E-state index contributed by atoms with van der Waals surface area (Å²) in [4.78, 5) is 29.0. The third kappa shape index (κ3) is 4.63. The molecule has 32 heavy (non-hydrogen) atoms. The van der Waals surface area contributed by atoms with Crippen LogP contribution in [-0.4, -0.2) is 43.1 Å². The molecule has 0 saturated heterocycles. The van der Waals surface area contributed by atoms with Gasteiger partial charge in [0.1, 0.15) is 0 Å². The van der Waals surface area contributed by atoms with Gasteiger partial charge in [-0.15, -0.1) is 0 Å². The molecule has 1 aliphatic carbocycles. The molecule has 3 N–H and O–H groups in total. The van der Waals surface area contributed by atoms with E-state index in [1.165, 1.54) is 24.3 Å². The minimum absolute atomic E-state index is 0.0101. The molecule has 0 spiro atoms. The monoisotopic (exact) mass is 492 g/mol. The molecular formula is C21H21ClN4O4S2. The maximum atomic E-state index is 12.8. The lowest BCUT2D eigenvalue weighted by molar-refractivity contribution is 0.0970. The Morgan fingerprint density at radius 2 is 1.91 bits per heavy atom. The molecule has 2 aromatic carbocycles. The third-order valence-electron chi connectivity index (χ3n) is 5.40. The van der Waals surface area contributed by atoms with Crippen molar-refractivity contribution in [3.8, 4) is 0 Å². The molecular weight excluding hydrogens is 472 g/mol. The number of nitrogens with zero attached hydrogens (tertiary/aromatic N) is 2. The lowest BCUT2D eigenvalue weighted by Crippen LogP contribution is -2.32. The Morgan fingerprint density at radius 3 is 2.56 bits per heavy atom. The first-order valence-electron chi connectivity index (χ1n) is 9.87. The number of rotatable bonds is 8. The number of halogens is 1. The van der Waals surface area contributed by atoms with Crippen LogP contribution in [0.25, 0.3) is 10.2 Å². The van der Waals surface area contributed by atoms with Gasteiger partial charge in [0.2, 0.25) is 11.0 Å². The minimum Gasteiger partial charge on any atom is -0.366 e. The summed E-state index contributed by atoms with van der Waals surface area (Å²) in [6.07, 6.45) is 2.11. The van der Waals surface area contributed by atoms with Crippen molar-refractivity contribution in [2.24, 2.45) is 5.73 Å². The van der Waals surface area contributed by atoms with E-state index in [0.717, 1.165) is 28.6 Å². The Kier molecular flexibility index (Phi) is 5.97. The molecule has 1 aromatic heterocycles. The number of sulfone groups is 1. The molecule has 1 saturated carbocycles.